The van der Waals surface area contributed by atoms with E-state index in [2.05, 4.69) is 0 Å². The van der Waals surface area contributed by atoms with E-state index in [0.717, 1.165) is 16.9 Å². The number of rotatable bonds is 6. The van der Waals surface area contributed by atoms with Crippen molar-refractivity contribution in [2.45, 2.75) is 12.7 Å². The Hall–Kier alpha value is -2.33. The maximum absolute atomic E-state index is 11.7. The zero-order valence-corrected chi connectivity index (χ0v) is 12.1. The van der Waals surface area contributed by atoms with E-state index in [1.165, 1.54) is 14.2 Å². The van der Waals surface area contributed by atoms with E-state index in [-0.39, 0.29) is 0 Å². The van der Waals surface area contributed by atoms with E-state index in [9.17, 15) is 4.79 Å². The Balaban J connectivity index is 2.08. The lowest BCUT2D eigenvalue weighted by Crippen LogP contribution is -2.16. The smallest absolute Gasteiger partial charge is 0.339 e. The number of benzene rings is 2. The van der Waals surface area contributed by atoms with Crippen molar-refractivity contribution in [3.8, 4) is 5.75 Å². The zero-order chi connectivity index (χ0) is 15.1. The summed E-state index contributed by atoms with van der Waals surface area (Å²) in [6.45, 7) is 0.426. The van der Waals surface area contributed by atoms with Gasteiger partial charge in [-0.3, -0.25) is 0 Å². The van der Waals surface area contributed by atoms with Crippen molar-refractivity contribution < 1.29 is 19.0 Å². The Morgan fingerprint density at radius 3 is 2.48 bits per heavy atom. The molecule has 0 aliphatic carbocycles. The second-order valence-corrected chi connectivity index (χ2v) is 4.49. The lowest BCUT2D eigenvalue weighted by atomic mass is 10.1. The maximum atomic E-state index is 11.7. The number of hydrogen-bond donors (Lipinski definition) is 0. The second-order valence-electron chi connectivity index (χ2n) is 4.49. The largest absolute Gasteiger partial charge is 0.489 e. The lowest BCUT2D eigenvalue weighted by Gasteiger charge is -2.14. The van der Waals surface area contributed by atoms with Gasteiger partial charge in [-0.15, -0.1) is 0 Å². The molecule has 0 fully saturated rings. The average molecular weight is 286 g/mol. The summed E-state index contributed by atoms with van der Waals surface area (Å²) >= 11 is 0. The third-order valence-corrected chi connectivity index (χ3v) is 3.05. The highest BCUT2D eigenvalue weighted by Crippen LogP contribution is 2.20. The van der Waals surface area contributed by atoms with Crippen LogP contribution in [0, 0.1) is 0 Å². The van der Waals surface area contributed by atoms with E-state index >= 15 is 0 Å². The molecule has 4 nitrogen and oxygen atoms in total. The zero-order valence-electron chi connectivity index (χ0n) is 12.1. The van der Waals surface area contributed by atoms with Gasteiger partial charge in [0.05, 0.1) is 7.11 Å². The highest BCUT2D eigenvalue weighted by atomic mass is 16.6. The van der Waals surface area contributed by atoms with Crippen LogP contribution in [0.4, 0.5) is 0 Å². The third kappa shape index (κ3) is 4.07. The van der Waals surface area contributed by atoms with E-state index < -0.39 is 12.1 Å². The Morgan fingerprint density at radius 2 is 1.81 bits per heavy atom. The van der Waals surface area contributed by atoms with Gasteiger partial charge in [-0.05, 0) is 29.3 Å². The Bertz CT molecular complexity index is 580. The van der Waals surface area contributed by atoms with Gasteiger partial charge in [0.2, 0.25) is 0 Å². The van der Waals surface area contributed by atoms with Gasteiger partial charge in [-0.25, -0.2) is 4.79 Å². The molecule has 0 N–H and O–H groups in total. The van der Waals surface area contributed by atoms with Crippen LogP contribution in [0.25, 0.3) is 0 Å². The van der Waals surface area contributed by atoms with Crippen LogP contribution in [0.15, 0.2) is 54.6 Å². The Kier molecular flexibility index (Phi) is 5.35. The van der Waals surface area contributed by atoms with Gasteiger partial charge in [0, 0.05) is 7.11 Å². The van der Waals surface area contributed by atoms with Crippen molar-refractivity contribution in [1.29, 1.82) is 0 Å². The molecule has 0 bridgehead atoms. The average Bonchev–Trinajstić information content (AvgIpc) is 2.55. The number of methoxy groups -OCH3 is 2. The molecule has 1 unspecified atom stereocenters. The van der Waals surface area contributed by atoms with Crippen molar-refractivity contribution in [3.05, 3.63) is 65.7 Å². The minimum atomic E-state index is -0.716. The van der Waals surface area contributed by atoms with E-state index in [4.69, 9.17) is 14.2 Å². The number of para-hydroxylation sites is 1. The Labute approximate surface area is 124 Å². The maximum Gasteiger partial charge on any atom is 0.339 e. The van der Waals surface area contributed by atoms with Crippen LogP contribution < -0.4 is 4.74 Å². The summed E-state index contributed by atoms with van der Waals surface area (Å²) < 4.78 is 15.6. The molecule has 21 heavy (non-hydrogen) atoms. The Morgan fingerprint density at radius 1 is 1.05 bits per heavy atom. The minimum absolute atomic E-state index is 0.418. The number of ether oxygens (including phenoxy) is 3. The van der Waals surface area contributed by atoms with E-state index in [1.807, 2.05) is 54.6 Å². The molecule has 0 saturated carbocycles. The number of carbonyl (C=O) groups excluding carboxylic acids is 1. The van der Waals surface area contributed by atoms with Gasteiger partial charge in [0.25, 0.3) is 0 Å². The normalized spacial score (nSPS) is 11.7. The number of carbonyl (C=O) groups is 1. The first-order valence-corrected chi connectivity index (χ1v) is 6.62. The summed E-state index contributed by atoms with van der Waals surface area (Å²) in [7, 11) is 2.82. The molecule has 4 heteroatoms. The van der Waals surface area contributed by atoms with Crippen LogP contribution in [0.5, 0.6) is 5.75 Å². The number of hydrogen-bond acceptors (Lipinski definition) is 4. The molecular formula is C17H18O4. The molecule has 0 saturated heterocycles. The fourth-order valence-corrected chi connectivity index (χ4v) is 2.00. The van der Waals surface area contributed by atoms with Crippen LogP contribution in [0.2, 0.25) is 0 Å². The van der Waals surface area contributed by atoms with Crippen LogP contribution >= 0.6 is 0 Å². The summed E-state index contributed by atoms with van der Waals surface area (Å²) in [6.07, 6.45) is -0.716. The molecule has 2 aromatic carbocycles. The SMILES string of the molecule is COC(=O)C(OC)c1cccc(COc2ccccc2)c1. The molecule has 0 radical (unpaired) electrons. The van der Waals surface area contributed by atoms with Crippen LogP contribution in [0.1, 0.15) is 17.2 Å². The molecule has 2 rings (SSSR count). The third-order valence-electron chi connectivity index (χ3n) is 3.05. The van der Waals surface area contributed by atoms with Crippen LogP contribution in [-0.4, -0.2) is 20.2 Å². The molecule has 2 aromatic rings. The van der Waals surface area contributed by atoms with E-state index in [0.29, 0.717) is 6.61 Å². The standard InChI is InChI=1S/C17H18O4/c1-19-16(17(18)20-2)14-8-6-7-13(11-14)12-21-15-9-4-3-5-10-15/h3-11,16H,12H2,1-2H3. The number of esters is 1. The van der Waals surface area contributed by atoms with Gasteiger partial charge >= 0.3 is 5.97 Å². The summed E-state index contributed by atoms with van der Waals surface area (Å²) in [5.41, 5.74) is 1.71. The fraction of sp³-hybridized carbons (Fsp3) is 0.235. The van der Waals surface area contributed by atoms with Crippen molar-refractivity contribution >= 4 is 5.97 Å². The fourth-order valence-electron chi connectivity index (χ4n) is 2.00. The second kappa shape index (κ2) is 7.45. The van der Waals surface area contributed by atoms with Crippen LogP contribution in [0.3, 0.4) is 0 Å². The first-order chi connectivity index (χ1) is 10.2. The molecule has 1 atom stereocenters. The quantitative estimate of drug-likeness (QED) is 0.765. The molecule has 0 spiro atoms. The van der Waals surface area contributed by atoms with E-state index in [1.54, 1.807) is 0 Å². The van der Waals surface area contributed by atoms with Crippen LogP contribution in [-0.2, 0) is 20.9 Å². The summed E-state index contributed by atoms with van der Waals surface area (Å²) in [5.74, 6) is 0.387. The highest BCUT2D eigenvalue weighted by molar-refractivity contribution is 5.76. The van der Waals surface area contributed by atoms with Crippen molar-refractivity contribution in [1.82, 2.24) is 0 Å². The predicted molar refractivity (Wildman–Crippen MR) is 79.0 cm³/mol. The van der Waals surface area contributed by atoms with Crippen molar-refractivity contribution in [2.75, 3.05) is 14.2 Å². The molecule has 0 aromatic heterocycles. The topological polar surface area (TPSA) is 44.8 Å². The minimum Gasteiger partial charge on any atom is -0.489 e. The first kappa shape index (κ1) is 15.1. The predicted octanol–water partition coefficient (Wildman–Crippen LogP) is 3.13. The lowest BCUT2D eigenvalue weighted by molar-refractivity contribution is -0.152. The monoisotopic (exact) mass is 286 g/mol. The van der Waals surface area contributed by atoms with Crippen molar-refractivity contribution in [2.24, 2.45) is 0 Å². The van der Waals surface area contributed by atoms with Gasteiger partial charge < -0.3 is 14.2 Å². The van der Waals surface area contributed by atoms with Gasteiger partial charge in [-0.2, -0.15) is 0 Å². The highest BCUT2D eigenvalue weighted by Gasteiger charge is 2.20. The van der Waals surface area contributed by atoms with Gasteiger partial charge in [0.15, 0.2) is 6.10 Å². The summed E-state index contributed by atoms with van der Waals surface area (Å²) in [4.78, 5) is 11.7. The van der Waals surface area contributed by atoms with Gasteiger partial charge in [0.1, 0.15) is 12.4 Å². The molecular weight excluding hydrogens is 268 g/mol. The molecule has 0 aliphatic rings. The summed E-state index contributed by atoms with van der Waals surface area (Å²) in [5, 5.41) is 0. The van der Waals surface area contributed by atoms with Gasteiger partial charge in [-0.1, -0.05) is 36.4 Å². The molecule has 110 valence electrons. The summed E-state index contributed by atoms with van der Waals surface area (Å²) in [6, 6.07) is 17.1. The molecule has 0 aliphatic heterocycles. The molecule has 0 amide bonds. The van der Waals surface area contributed by atoms with Crippen molar-refractivity contribution in [3.63, 3.8) is 0 Å². The molecule has 0 heterocycles. The first-order valence-electron chi connectivity index (χ1n) is 6.62.